The minimum Gasteiger partial charge on any atom is -0.293 e. The molecule has 0 aliphatic heterocycles. The lowest BCUT2D eigenvalue weighted by molar-refractivity contribution is 0.0946. The molecule has 0 amide bonds. The van der Waals surface area contributed by atoms with E-state index in [9.17, 15) is 4.79 Å². The van der Waals surface area contributed by atoms with E-state index < -0.39 is 0 Å². The third-order valence-corrected chi connectivity index (χ3v) is 4.15. The first-order chi connectivity index (χ1) is 7.97. The monoisotopic (exact) mass is 250 g/mol. The van der Waals surface area contributed by atoms with Crippen LogP contribution in [0.1, 0.15) is 55.6 Å². The smallest absolute Gasteiger partial charge is 0.172 e. The largest absolute Gasteiger partial charge is 0.293 e. The van der Waals surface area contributed by atoms with Crippen LogP contribution >= 0.6 is 9.24 Å². The summed E-state index contributed by atoms with van der Waals surface area (Å²) in [7, 11) is 2.72. The fraction of sp³-hybridized carbons (Fsp3) is 0.533. The highest BCUT2D eigenvalue weighted by atomic mass is 31.0. The summed E-state index contributed by atoms with van der Waals surface area (Å²) < 4.78 is 0. The van der Waals surface area contributed by atoms with Gasteiger partial charge < -0.3 is 0 Å². The van der Waals surface area contributed by atoms with E-state index in [-0.39, 0.29) is 10.9 Å². The molecule has 0 N–H and O–H groups in total. The van der Waals surface area contributed by atoms with Crippen LogP contribution in [0.5, 0.6) is 0 Å². The molecule has 0 heterocycles. The Hall–Kier alpha value is -0.680. The van der Waals surface area contributed by atoms with Crippen LogP contribution in [-0.4, -0.2) is 10.9 Å². The predicted octanol–water partition coefficient (Wildman–Crippen LogP) is 4.04. The molecule has 17 heavy (non-hydrogen) atoms. The van der Waals surface area contributed by atoms with E-state index in [2.05, 4.69) is 48.2 Å². The number of ketones is 1. The van der Waals surface area contributed by atoms with E-state index in [4.69, 9.17) is 0 Å². The average Bonchev–Trinajstić information content (AvgIpc) is 2.36. The maximum atomic E-state index is 12.6. The first-order valence-electron chi connectivity index (χ1n) is 6.42. The highest BCUT2D eigenvalue weighted by molar-refractivity contribution is 7.21. The Morgan fingerprint density at radius 1 is 1.18 bits per heavy atom. The van der Waals surface area contributed by atoms with Gasteiger partial charge in [-0.3, -0.25) is 4.79 Å². The van der Waals surface area contributed by atoms with Crippen molar-refractivity contribution in [2.75, 3.05) is 0 Å². The molecule has 1 aromatic carbocycles. The summed E-state index contributed by atoms with van der Waals surface area (Å²) in [6.45, 7) is 8.28. The van der Waals surface area contributed by atoms with Crippen molar-refractivity contribution in [3.8, 4) is 0 Å². The lowest BCUT2D eigenvalue weighted by Gasteiger charge is -2.24. The first-order valence-corrected chi connectivity index (χ1v) is 7.00. The van der Waals surface area contributed by atoms with Crippen molar-refractivity contribution in [1.29, 1.82) is 0 Å². The van der Waals surface area contributed by atoms with Crippen LogP contribution in [0.15, 0.2) is 18.2 Å². The number of benzene rings is 1. The molecule has 0 spiro atoms. The molecule has 2 heteroatoms. The van der Waals surface area contributed by atoms with E-state index >= 15 is 0 Å². The van der Waals surface area contributed by atoms with Crippen LogP contribution in [-0.2, 0) is 12.8 Å². The highest BCUT2D eigenvalue weighted by Gasteiger charge is 2.29. The molecule has 0 aliphatic carbocycles. The quantitative estimate of drug-likeness (QED) is 0.569. The third-order valence-electron chi connectivity index (χ3n) is 3.48. The van der Waals surface area contributed by atoms with E-state index in [0.717, 1.165) is 24.8 Å². The van der Waals surface area contributed by atoms with Gasteiger partial charge in [0, 0.05) is 10.7 Å². The van der Waals surface area contributed by atoms with Gasteiger partial charge in [-0.1, -0.05) is 39.0 Å². The lowest BCUT2D eigenvalue weighted by atomic mass is 9.87. The van der Waals surface area contributed by atoms with Crippen LogP contribution in [0, 0.1) is 0 Å². The molecule has 0 saturated heterocycles. The summed E-state index contributed by atoms with van der Waals surface area (Å²) >= 11 is 0. The van der Waals surface area contributed by atoms with Gasteiger partial charge in [-0.25, -0.2) is 0 Å². The molecule has 2 unspecified atom stereocenters. The second kappa shape index (κ2) is 5.78. The zero-order valence-electron chi connectivity index (χ0n) is 11.3. The molecule has 2 atom stereocenters. The highest BCUT2D eigenvalue weighted by Crippen LogP contribution is 2.30. The Morgan fingerprint density at radius 2 is 1.65 bits per heavy atom. The summed E-state index contributed by atoms with van der Waals surface area (Å²) in [5.74, 6) is 0.263. The maximum absolute atomic E-state index is 12.6. The molecular formula is C15H23OP. The zero-order valence-corrected chi connectivity index (χ0v) is 12.5. The first kappa shape index (κ1) is 14.4. The normalized spacial score (nSPS) is 14.4. The van der Waals surface area contributed by atoms with Gasteiger partial charge in [-0.05, 0) is 37.3 Å². The standard InChI is InChI=1S/C15H23OP/c1-5-11-9-8-10-12(6-2)13(11)14(16)15(4,17)7-3/h8-10H,5-7,17H2,1-4H3. The molecular weight excluding hydrogens is 227 g/mol. The van der Waals surface area contributed by atoms with Crippen LogP contribution in [0.4, 0.5) is 0 Å². The van der Waals surface area contributed by atoms with Gasteiger partial charge in [0.1, 0.15) is 0 Å². The van der Waals surface area contributed by atoms with Crippen molar-refractivity contribution >= 4 is 15.0 Å². The minimum atomic E-state index is -0.338. The van der Waals surface area contributed by atoms with E-state index in [1.165, 1.54) is 11.1 Å². The van der Waals surface area contributed by atoms with Crippen LogP contribution in [0.2, 0.25) is 0 Å². The zero-order chi connectivity index (χ0) is 13.1. The van der Waals surface area contributed by atoms with Crippen LogP contribution in [0.3, 0.4) is 0 Å². The second-order valence-electron chi connectivity index (χ2n) is 4.76. The molecule has 0 radical (unpaired) electrons. The maximum Gasteiger partial charge on any atom is 0.172 e. The van der Waals surface area contributed by atoms with Gasteiger partial charge >= 0.3 is 0 Å². The Kier molecular flexibility index (Phi) is 4.89. The van der Waals surface area contributed by atoms with Crippen molar-refractivity contribution in [3.05, 3.63) is 34.9 Å². The molecule has 1 nitrogen and oxygen atoms in total. The van der Waals surface area contributed by atoms with E-state index in [1.807, 2.05) is 6.92 Å². The molecule has 0 aromatic heterocycles. The third kappa shape index (κ3) is 2.96. The number of carbonyl (C=O) groups is 1. The minimum absolute atomic E-state index is 0.263. The van der Waals surface area contributed by atoms with Crippen molar-refractivity contribution in [1.82, 2.24) is 0 Å². The van der Waals surface area contributed by atoms with Crippen LogP contribution < -0.4 is 0 Å². The predicted molar refractivity (Wildman–Crippen MR) is 77.9 cm³/mol. The van der Waals surface area contributed by atoms with Crippen molar-refractivity contribution in [2.45, 2.75) is 52.1 Å². The van der Waals surface area contributed by atoms with Crippen molar-refractivity contribution in [2.24, 2.45) is 0 Å². The Balaban J connectivity index is 3.33. The van der Waals surface area contributed by atoms with Gasteiger partial charge in [-0.15, -0.1) is 9.24 Å². The number of hydrogen-bond donors (Lipinski definition) is 0. The Labute approximate surface area is 107 Å². The molecule has 0 aliphatic rings. The number of aryl methyl sites for hydroxylation is 2. The molecule has 0 saturated carbocycles. The fourth-order valence-electron chi connectivity index (χ4n) is 1.98. The van der Waals surface area contributed by atoms with Gasteiger partial charge in [0.25, 0.3) is 0 Å². The summed E-state index contributed by atoms with van der Waals surface area (Å²) in [4.78, 5) is 12.6. The Morgan fingerprint density at radius 3 is 2.00 bits per heavy atom. The topological polar surface area (TPSA) is 17.1 Å². The number of rotatable bonds is 5. The summed E-state index contributed by atoms with van der Waals surface area (Å²) in [5.41, 5.74) is 3.31. The van der Waals surface area contributed by atoms with E-state index in [1.54, 1.807) is 0 Å². The van der Waals surface area contributed by atoms with Gasteiger partial charge in [-0.2, -0.15) is 0 Å². The summed E-state index contributed by atoms with van der Waals surface area (Å²) in [6, 6.07) is 6.20. The second-order valence-corrected chi connectivity index (χ2v) is 6.03. The van der Waals surface area contributed by atoms with Crippen LogP contribution in [0.25, 0.3) is 0 Å². The molecule has 0 fully saturated rings. The number of carbonyl (C=O) groups excluding carboxylic acids is 1. The number of Topliss-reactive ketones (excluding diaryl/α,β-unsaturated/α-hetero) is 1. The summed E-state index contributed by atoms with van der Waals surface area (Å²) in [6.07, 6.45) is 2.68. The Bertz CT molecular complexity index is 385. The van der Waals surface area contributed by atoms with Gasteiger partial charge in [0.2, 0.25) is 0 Å². The van der Waals surface area contributed by atoms with Gasteiger partial charge in [0.05, 0.1) is 0 Å². The molecule has 0 bridgehead atoms. The average molecular weight is 250 g/mol. The van der Waals surface area contributed by atoms with Crippen molar-refractivity contribution in [3.63, 3.8) is 0 Å². The number of hydrogen-bond acceptors (Lipinski definition) is 1. The van der Waals surface area contributed by atoms with E-state index in [0.29, 0.717) is 0 Å². The molecule has 94 valence electrons. The lowest BCUT2D eigenvalue weighted by Crippen LogP contribution is -2.29. The fourth-order valence-corrected chi connectivity index (χ4v) is 2.12. The SMILES string of the molecule is CCc1cccc(CC)c1C(=O)C(C)(P)CC. The molecule has 1 aromatic rings. The summed E-state index contributed by atoms with van der Waals surface area (Å²) in [5, 5.41) is -0.338. The van der Waals surface area contributed by atoms with Crippen molar-refractivity contribution < 1.29 is 4.79 Å². The van der Waals surface area contributed by atoms with Gasteiger partial charge in [0.15, 0.2) is 5.78 Å². The molecule has 1 rings (SSSR count).